The Hall–Kier alpha value is -1.61. The van der Waals surface area contributed by atoms with Crippen molar-refractivity contribution < 1.29 is 18.7 Å². The average molecular weight is 418 g/mol. The van der Waals surface area contributed by atoms with Gasteiger partial charge in [-0.15, -0.1) is 11.8 Å². The summed E-state index contributed by atoms with van der Waals surface area (Å²) in [5, 5.41) is 0. The number of carbonyl (C=O) groups is 1. The summed E-state index contributed by atoms with van der Waals surface area (Å²) in [6.45, 7) is 7.95. The molecule has 3 atom stereocenters. The molecule has 1 saturated heterocycles. The minimum atomic E-state index is -0.704. The van der Waals surface area contributed by atoms with Gasteiger partial charge in [0.25, 0.3) is 0 Å². The molecule has 2 unspecified atom stereocenters. The van der Waals surface area contributed by atoms with Crippen LogP contribution >= 0.6 is 11.8 Å². The number of nitrogens with zero attached hydrogens (tertiary/aromatic N) is 2. The van der Waals surface area contributed by atoms with Crippen LogP contribution in [-0.4, -0.2) is 33.3 Å². The Morgan fingerprint density at radius 3 is 2.68 bits per heavy atom. The summed E-state index contributed by atoms with van der Waals surface area (Å²) in [6, 6.07) is 0. The molecule has 0 radical (unpaired) electrons. The summed E-state index contributed by atoms with van der Waals surface area (Å²) in [6.07, 6.45) is 6.66. The number of halogens is 1. The summed E-state index contributed by atoms with van der Waals surface area (Å²) in [4.78, 5) is 25.2. The topological polar surface area (TPSA) is 96.4 Å². The molecule has 1 aliphatic heterocycles. The molecule has 1 aromatic rings. The van der Waals surface area contributed by atoms with Crippen LogP contribution in [0, 0.1) is 11.7 Å². The highest BCUT2D eigenvalue weighted by atomic mass is 32.2. The van der Waals surface area contributed by atoms with Gasteiger partial charge in [0.2, 0.25) is 0 Å². The Balaban J connectivity index is 0.000000252. The van der Waals surface area contributed by atoms with E-state index in [1.165, 1.54) is 37.9 Å². The summed E-state index contributed by atoms with van der Waals surface area (Å²) in [5.74, 6) is 0.632. The Bertz CT molecular complexity index is 665. The molecule has 0 bridgehead atoms. The number of hydrogen-bond donors (Lipinski definition) is 1. The van der Waals surface area contributed by atoms with E-state index in [0.717, 1.165) is 29.5 Å². The maximum Gasteiger partial charge on any atom is 0.351 e. The molecular formula is C19H32FN3O4S. The predicted octanol–water partition coefficient (Wildman–Crippen LogP) is 3.73. The van der Waals surface area contributed by atoms with Crippen molar-refractivity contribution in [1.82, 2.24) is 9.55 Å². The maximum absolute atomic E-state index is 13.0. The Labute approximate surface area is 170 Å². The fraction of sp³-hybridized carbons (Fsp3) is 0.737. The molecule has 9 heteroatoms. The lowest BCUT2D eigenvalue weighted by atomic mass is 9.89. The fourth-order valence-electron chi connectivity index (χ4n) is 2.87. The molecule has 0 aromatic carbocycles. The molecule has 0 amide bonds. The van der Waals surface area contributed by atoms with Crippen LogP contribution in [0.25, 0.3) is 0 Å². The zero-order valence-corrected chi connectivity index (χ0v) is 18.0. The van der Waals surface area contributed by atoms with Crippen LogP contribution in [0.15, 0.2) is 11.0 Å². The van der Waals surface area contributed by atoms with E-state index in [0.29, 0.717) is 11.7 Å². The van der Waals surface area contributed by atoms with Gasteiger partial charge in [0.1, 0.15) is 12.3 Å². The first kappa shape index (κ1) is 24.4. The summed E-state index contributed by atoms with van der Waals surface area (Å²) < 4.78 is 24.4. The smallest absolute Gasteiger partial charge is 0.351 e. The number of hydrogen-bond acceptors (Lipinski definition) is 7. The first-order valence-corrected chi connectivity index (χ1v) is 10.8. The minimum Gasteiger partial charge on any atom is -0.463 e. The number of nitrogen functional groups attached to an aromatic ring is 1. The van der Waals surface area contributed by atoms with Gasteiger partial charge in [-0.1, -0.05) is 33.6 Å². The van der Waals surface area contributed by atoms with E-state index >= 15 is 0 Å². The number of thioether (sulfide) groups is 1. The second-order valence-electron chi connectivity index (χ2n) is 6.98. The van der Waals surface area contributed by atoms with Crippen LogP contribution in [0.4, 0.5) is 10.2 Å². The average Bonchev–Trinajstić information content (AvgIpc) is 3.13. The van der Waals surface area contributed by atoms with Crippen molar-refractivity contribution >= 4 is 23.5 Å². The number of rotatable bonds is 2. The van der Waals surface area contributed by atoms with Crippen LogP contribution < -0.4 is 11.4 Å². The van der Waals surface area contributed by atoms with Gasteiger partial charge in [-0.3, -0.25) is 9.36 Å². The largest absolute Gasteiger partial charge is 0.463 e. The van der Waals surface area contributed by atoms with E-state index in [1.807, 2.05) is 0 Å². The molecule has 1 aromatic heterocycles. The lowest BCUT2D eigenvalue weighted by Gasteiger charge is -2.25. The number of anilines is 1. The fourth-order valence-corrected chi connectivity index (χ4v) is 3.68. The van der Waals surface area contributed by atoms with Crippen molar-refractivity contribution in [3.05, 3.63) is 22.5 Å². The molecule has 3 rings (SSSR count). The highest BCUT2D eigenvalue weighted by Gasteiger charge is 2.21. The second kappa shape index (κ2) is 12.8. The quantitative estimate of drug-likeness (QED) is 0.732. The van der Waals surface area contributed by atoms with Gasteiger partial charge in [-0.2, -0.15) is 4.98 Å². The van der Waals surface area contributed by atoms with Crippen LogP contribution in [0.3, 0.4) is 0 Å². The summed E-state index contributed by atoms with van der Waals surface area (Å²) in [5.41, 5.74) is 4.56. The number of aromatic nitrogens is 2. The molecule has 2 heterocycles. The molecule has 1 aliphatic carbocycles. The van der Waals surface area contributed by atoms with E-state index in [4.69, 9.17) is 15.2 Å². The summed E-state index contributed by atoms with van der Waals surface area (Å²) >= 11 is 1.53. The second-order valence-corrected chi connectivity index (χ2v) is 7.96. The van der Waals surface area contributed by atoms with Crippen LogP contribution in [0.5, 0.6) is 0 Å². The molecule has 7 nitrogen and oxygen atoms in total. The van der Waals surface area contributed by atoms with E-state index in [1.54, 1.807) is 0 Å². The van der Waals surface area contributed by atoms with Gasteiger partial charge >= 0.3 is 11.7 Å². The van der Waals surface area contributed by atoms with Gasteiger partial charge in [-0.25, -0.2) is 9.18 Å². The zero-order chi connectivity index (χ0) is 21.1. The summed E-state index contributed by atoms with van der Waals surface area (Å²) in [7, 11) is 0. The number of ether oxygens (including phenoxy) is 2. The SMILES string of the molecule is CC(=O)OC1CCCC(C)C1.CCC.Nc1nc(=O)n([C@@H]2CSCO2)cc1F. The first-order valence-electron chi connectivity index (χ1n) is 9.69. The van der Waals surface area contributed by atoms with E-state index in [-0.39, 0.29) is 17.9 Å². The molecule has 1 saturated carbocycles. The molecule has 2 fully saturated rings. The predicted molar refractivity (Wildman–Crippen MR) is 109 cm³/mol. The van der Waals surface area contributed by atoms with Crippen LogP contribution in [0.2, 0.25) is 0 Å². The molecule has 2 aliphatic rings. The third-order valence-corrected chi connectivity index (χ3v) is 4.89. The van der Waals surface area contributed by atoms with Crippen molar-refractivity contribution in [3.63, 3.8) is 0 Å². The molecule has 2 N–H and O–H groups in total. The molecular weight excluding hydrogens is 385 g/mol. The Kier molecular flexibility index (Phi) is 11.1. The molecule has 0 spiro atoms. The first-order chi connectivity index (χ1) is 13.3. The Morgan fingerprint density at radius 2 is 2.14 bits per heavy atom. The number of carbonyl (C=O) groups excluding carboxylic acids is 1. The zero-order valence-electron chi connectivity index (χ0n) is 17.2. The van der Waals surface area contributed by atoms with Crippen molar-refractivity contribution in [2.24, 2.45) is 5.92 Å². The van der Waals surface area contributed by atoms with Crippen molar-refractivity contribution in [2.45, 2.75) is 72.1 Å². The highest BCUT2D eigenvalue weighted by Crippen LogP contribution is 2.25. The minimum absolute atomic E-state index is 0.135. The van der Waals surface area contributed by atoms with E-state index < -0.39 is 17.7 Å². The van der Waals surface area contributed by atoms with Gasteiger partial charge < -0.3 is 15.2 Å². The van der Waals surface area contributed by atoms with Crippen molar-refractivity contribution in [2.75, 3.05) is 17.4 Å². The van der Waals surface area contributed by atoms with Gasteiger partial charge in [-0.05, 0) is 25.2 Å². The lowest BCUT2D eigenvalue weighted by molar-refractivity contribution is -0.148. The van der Waals surface area contributed by atoms with Crippen LogP contribution in [-0.2, 0) is 14.3 Å². The standard InChI is InChI=1S/C9H16O2.C7H8FN3O2S.C3H8/c1-7-4-3-5-9(6-7)11-8(2)10;8-4-1-11(5-2-14-3-13-5)7(12)10-6(4)9;1-3-2/h7,9H,3-6H2,1-2H3;1,5H,2-3H2,(H2,9,10,12);3H2,1-2H3/t;5-;/m.0./s1. The van der Waals surface area contributed by atoms with Gasteiger partial charge in [0.15, 0.2) is 11.6 Å². The third-order valence-electron chi connectivity index (χ3n) is 4.07. The maximum atomic E-state index is 13.0. The van der Waals surface area contributed by atoms with E-state index in [9.17, 15) is 14.0 Å². The number of esters is 1. The highest BCUT2D eigenvalue weighted by molar-refractivity contribution is 7.99. The molecule has 160 valence electrons. The Morgan fingerprint density at radius 1 is 1.46 bits per heavy atom. The normalized spacial score (nSPS) is 23.7. The lowest BCUT2D eigenvalue weighted by Crippen LogP contribution is -2.29. The van der Waals surface area contributed by atoms with Gasteiger partial charge in [0, 0.05) is 12.7 Å². The van der Waals surface area contributed by atoms with Crippen molar-refractivity contribution in [3.8, 4) is 0 Å². The van der Waals surface area contributed by atoms with E-state index in [2.05, 4.69) is 25.8 Å². The van der Waals surface area contributed by atoms with Crippen molar-refractivity contribution in [1.29, 1.82) is 0 Å². The van der Waals surface area contributed by atoms with Gasteiger partial charge in [0.05, 0.1) is 12.1 Å². The monoisotopic (exact) mass is 417 g/mol. The number of nitrogens with two attached hydrogens (primary N) is 1. The third kappa shape index (κ3) is 8.60. The molecule has 28 heavy (non-hydrogen) atoms. The van der Waals surface area contributed by atoms with Crippen LogP contribution in [0.1, 0.15) is 66.0 Å².